The van der Waals surface area contributed by atoms with Gasteiger partial charge in [-0.2, -0.15) is 0 Å². The van der Waals surface area contributed by atoms with Crippen LogP contribution in [0.4, 0.5) is 11.4 Å². The molecule has 20 heavy (non-hydrogen) atoms. The zero-order valence-electron chi connectivity index (χ0n) is 13.7. The van der Waals surface area contributed by atoms with Gasteiger partial charge < -0.3 is 20.7 Å². The minimum atomic E-state index is 0.123. The number of nitrogens with one attached hydrogen (secondary N) is 1. The summed E-state index contributed by atoms with van der Waals surface area (Å²) in [4.78, 5) is 2.21. The Morgan fingerprint density at radius 2 is 1.95 bits per heavy atom. The number of hydrogen-bond acceptors (Lipinski definition) is 4. The third kappa shape index (κ3) is 5.70. The van der Waals surface area contributed by atoms with Crippen LogP contribution in [0.5, 0.6) is 5.75 Å². The lowest BCUT2D eigenvalue weighted by molar-refractivity contribution is 0.243. The molecule has 0 aliphatic heterocycles. The average molecular weight is 279 g/mol. The van der Waals surface area contributed by atoms with E-state index in [0.717, 1.165) is 24.5 Å². The van der Waals surface area contributed by atoms with E-state index >= 15 is 0 Å². The number of benzene rings is 1. The van der Waals surface area contributed by atoms with E-state index in [1.165, 1.54) is 0 Å². The molecule has 4 heteroatoms. The summed E-state index contributed by atoms with van der Waals surface area (Å²) in [6.07, 6.45) is 0.123. The van der Waals surface area contributed by atoms with Gasteiger partial charge in [0.05, 0.1) is 11.8 Å². The minimum Gasteiger partial charge on any atom is -0.489 e. The molecule has 0 heterocycles. The molecule has 0 fully saturated rings. The highest BCUT2D eigenvalue weighted by atomic mass is 16.5. The number of nitrogens with two attached hydrogens (primary N) is 1. The number of nitrogen functional groups attached to an aromatic ring is 1. The van der Waals surface area contributed by atoms with Crippen molar-refractivity contribution in [2.45, 2.75) is 33.8 Å². The molecule has 0 aliphatic carbocycles. The minimum absolute atomic E-state index is 0.123. The first-order valence-electron chi connectivity index (χ1n) is 7.14. The SMILES string of the molecule is CC(C)Oc1cc(NCC(C)(C)CN(C)C)ccc1N. The Balaban J connectivity index is 2.69. The molecule has 1 aromatic rings. The van der Waals surface area contributed by atoms with Gasteiger partial charge >= 0.3 is 0 Å². The number of hydrogen-bond donors (Lipinski definition) is 2. The van der Waals surface area contributed by atoms with E-state index in [2.05, 4.69) is 38.2 Å². The summed E-state index contributed by atoms with van der Waals surface area (Å²) in [6.45, 7) is 10.4. The van der Waals surface area contributed by atoms with Crippen LogP contribution in [0.2, 0.25) is 0 Å². The van der Waals surface area contributed by atoms with E-state index in [-0.39, 0.29) is 11.5 Å². The van der Waals surface area contributed by atoms with Gasteiger partial charge in [0.15, 0.2) is 0 Å². The van der Waals surface area contributed by atoms with Gasteiger partial charge in [-0.1, -0.05) is 13.8 Å². The van der Waals surface area contributed by atoms with Crippen molar-refractivity contribution in [2.24, 2.45) is 5.41 Å². The number of anilines is 2. The predicted molar refractivity (Wildman–Crippen MR) is 87.4 cm³/mol. The first-order chi connectivity index (χ1) is 9.19. The highest BCUT2D eigenvalue weighted by Crippen LogP contribution is 2.27. The van der Waals surface area contributed by atoms with Gasteiger partial charge in [-0.3, -0.25) is 0 Å². The zero-order valence-corrected chi connectivity index (χ0v) is 13.7. The van der Waals surface area contributed by atoms with Crippen molar-refractivity contribution in [1.29, 1.82) is 0 Å². The first kappa shape index (κ1) is 16.6. The van der Waals surface area contributed by atoms with Crippen molar-refractivity contribution in [3.05, 3.63) is 18.2 Å². The Hall–Kier alpha value is -1.42. The smallest absolute Gasteiger partial charge is 0.144 e. The Bertz CT molecular complexity index is 428. The molecular weight excluding hydrogens is 250 g/mol. The Morgan fingerprint density at radius 1 is 1.30 bits per heavy atom. The summed E-state index contributed by atoms with van der Waals surface area (Å²) >= 11 is 0. The van der Waals surface area contributed by atoms with Gasteiger partial charge in [0.2, 0.25) is 0 Å². The molecule has 4 nitrogen and oxygen atoms in total. The quantitative estimate of drug-likeness (QED) is 0.753. The zero-order chi connectivity index (χ0) is 15.3. The fourth-order valence-corrected chi connectivity index (χ4v) is 2.25. The van der Waals surface area contributed by atoms with Crippen LogP contribution in [-0.4, -0.2) is 38.2 Å². The largest absolute Gasteiger partial charge is 0.489 e. The number of nitrogens with zero attached hydrogens (tertiary/aromatic N) is 1. The van der Waals surface area contributed by atoms with Gasteiger partial charge in [0.25, 0.3) is 0 Å². The molecule has 0 amide bonds. The van der Waals surface area contributed by atoms with Gasteiger partial charge in [0, 0.05) is 24.8 Å². The van der Waals surface area contributed by atoms with Gasteiger partial charge in [-0.05, 0) is 45.5 Å². The van der Waals surface area contributed by atoms with Crippen molar-refractivity contribution in [1.82, 2.24) is 4.90 Å². The van der Waals surface area contributed by atoms with Crippen molar-refractivity contribution in [3.8, 4) is 5.75 Å². The van der Waals surface area contributed by atoms with Crippen LogP contribution >= 0.6 is 0 Å². The summed E-state index contributed by atoms with van der Waals surface area (Å²) in [5.74, 6) is 0.746. The summed E-state index contributed by atoms with van der Waals surface area (Å²) in [5.41, 5.74) is 7.85. The van der Waals surface area contributed by atoms with Gasteiger partial charge in [0.1, 0.15) is 5.75 Å². The molecule has 0 aliphatic rings. The lowest BCUT2D eigenvalue weighted by Crippen LogP contribution is -2.34. The lowest BCUT2D eigenvalue weighted by atomic mass is 9.93. The summed E-state index contributed by atoms with van der Waals surface area (Å²) in [6, 6.07) is 5.86. The molecule has 3 N–H and O–H groups in total. The van der Waals surface area contributed by atoms with E-state index in [4.69, 9.17) is 10.5 Å². The van der Waals surface area contributed by atoms with Gasteiger partial charge in [-0.15, -0.1) is 0 Å². The third-order valence-electron chi connectivity index (χ3n) is 2.89. The molecule has 0 atom stereocenters. The molecule has 0 saturated heterocycles. The Morgan fingerprint density at radius 3 is 2.50 bits per heavy atom. The van der Waals surface area contributed by atoms with E-state index in [0.29, 0.717) is 5.69 Å². The van der Waals surface area contributed by atoms with Crippen molar-refractivity contribution >= 4 is 11.4 Å². The third-order valence-corrected chi connectivity index (χ3v) is 2.89. The normalized spacial score (nSPS) is 12.0. The number of ether oxygens (including phenoxy) is 1. The monoisotopic (exact) mass is 279 g/mol. The van der Waals surface area contributed by atoms with E-state index < -0.39 is 0 Å². The molecule has 0 spiro atoms. The van der Waals surface area contributed by atoms with E-state index in [1.807, 2.05) is 32.0 Å². The van der Waals surface area contributed by atoms with Crippen LogP contribution < -0.4 is 15.8 Å². The molecule has 1 rings (SSSR count). The maximum atomic E-state index is 5.93. The van der Waals surface area contributed by atoms with E-state index in [9.17, 15) is 0 Å². The first-order valence-corrected chi connectivity index (χ1v) is 7.14. The van der Waals surface area contributed by atoms with E-state index in [1.54, 1.807) is 0 Å². The number of rotatable bonds is 7. The molecule has 114 valence electrons. The summed E-state index contributed by atoms with van der Waals surface area (Å²) < 4.78 is 5.71. The maximum Gasteiger partial charge on any atom is 0.144 e. The van der Waals surface area contributed by atoms with Crippen LogP contribution in [-0.2, 0) is 0 Å². The average Bonchev–Trinajstić information content (AvgIpc) is 2.28. The van der Waals surface area contributed by atoms with Crippen LogP contribution in [0.25, 0.3) is 0 Å². The highest BCUT2D eigenvalue weighted by molar-refractivity contribution is 5.61. The van der Waals surface area contributed by atoms with Crippen molar-refractivity contribution in [2.75, 3.05) is 38.2 Å². The summed E-state index contributed by atoms with van der Waals surface area (Å²) in [5, 5.41) is 3.47. The summed E-state index contributed by atoms with van der Waals surface area (Å²) in [7, 11) is 4.19. The highest BCUT2D eigenvalue weighted by Gasteiger charge is 2.18. The molecule has 0 aromatic heterocycles. The van der Waals surface area contributed by atoms with Crippen molar-refractivity contribution in [3.63, 3.8) is 0 Å². The lowest BCUT2D eigenvalue weighted by Gasteiger charge is -2.29. The standard InChI is InChI=1S/C16H29N3O/c1-12(2)20-15-9-13(7-8-14(15)17)18-10-16(3,4)11-19(5)6/h7-9,12,18H,10-11,17H2,1-6H3. The van der Waals surface area contributed by atoms with Crippen LogP contribution in [0.1, 0.15) is 27.7 Å². The predicted octanol–water partition coefficient (Wildman–Crippen LogP) is 3.06. The molecule has 0 saturated carbocycles. The molecule has 0 radical (unpaired) electrons. The molecular formula is C16H29N3O. The second-order valence-corrected chi connectivity index (χ2v) is 6.67. The maximum absolute atomic E-state index is 5.93. The van der Waals surface area contributed by atoms with Gasteiger partial charge in [-0.25, -0.2) is 0 Å². The van der Waals surface area contributed by atoms with Crippen LogP contribution in [0.15, 0.2) is 18.2 Å². The topological polar surface area (TPSA) is 50.5 Å². The van der Waals surface area contributed by atoms with Crippen molar-refractivity contribution < 1.29 is 4.74 Å². The second kappa shape index (κ2) is 6.84. The Kier molecular flexibility index (Phi) is 5.69. The fourth-order valence-electron chi connectivity index (χ4n) is 2.25. The fraction of sp³-hybridized carbons (Fsp3) is 0.625. The second-order valence-electron chi connectivity index (χ2n) is 6.67. The molecule has 1 aromatic carbocycles. The van der Waals surface area contributed by atoms with Crippen LogP contribution in [0.3, 0.4) is 0 Å². The van der Waals surface area contributed by atoms with Crippen LogP contribution in [0, 0.1) is 5.41 Å². The Labute approximate surface area is 123 Å². The molecule has 0 unspecified atom stereocenters. The molecule has 0 bridgehead atoms.